The summed E-state index contributed by atoms with van der Waals surface area (Å²) in [6, 6.07) is 3.95. The summed E-state index contributed by atoms with van der Waals surface area (Å²) in [5, 5.41) is 0. The molecule has 0 bridgehead atoms. The fourth-order valence-electron chi connectivity index (χ4n) is 1.44. The minimum Gasteiger partial charge on any atom is -0.293 e. The first-order valence-corrected chi connectivity index (χ1v) is 7.27. The number of carbonyl (C=O) groups excluding carboxylic acids is 1. The lowest BCUT2D eigenvalue weighted by Crippen LogP contribution is -2.31. The summed E-state index contributed by atoms with van der Waals surface area (Å²) in [6.45, 7) is 2.99. The van der Waals surface area contributed by atoms with E-state index >= 15 is 0 Å². The predicted molar refractivity (Wildman–Crippen MR) is 67.5 cm³/mol. The van der Waals surface area contributed by atoms with Crippen LogP contribution in [0.3, 0.4) is 0 Å². The number of benzene rings is 1. The van der Waals surface area contributed by atoms with Crippen molar-refractivity contribution >= 4 is 15.8 Å². The van der Waals surface area contributed by atoms with Gasteiger partial charge in [-0.05, 0) is 37.1 Å². The molecule has 0 aliphatic heterocycles. The van der Waals surface area contributed by atoms with Crippen LogP contribution in [0, 0.1) is 12.7 Å². The Balaban J connectivity index is 2.69. The Morgan fingerprint density at radius 2 is 2.06 bits per heavy atom. The molecule has 6 heteroatoms. The maximum atomic E-state index is 13.0. The number of sulfonamides is 1. The highest BCUT2D eigenvalue weighted by Gasteiger charge is 2.13. The van der Waals surface area contributed by atoms with Crippen LogP contribution in [0.15, 0.2) is 18.2 Å². The first kappa shape index (κ1) is 14.8. The van der Waals surface area contributed by atoms with Gasteiger partial charge in [0.2, 0.25) is 10.0 Å². The lowest BCUT2D eigenvalue weighted by molar-refractivity contribution is 0.0997. The summed E-state index contributed by atoms with van der Waals surface area (Å²) in [5.41, 5.74) is 0.658. The van der Waals surface area contributed by atoms with Crippen LogP contribution in [0.4, 0.5) is 4.39 Å². The Hall–Kier alpha value is -1.27. The molecular weight excluding hydrogens is 257 g/mol. The Morgan fingerprint density at radius 3 is 2.61 bits per heavy atom. The van der Waals surface area contributed by atoms with E-state index in [1.807, 2.05) is 0 Å². The Bertz CT molecular complexity index is 540. The monoisotopic (exact) mass is 273 g/mol. The highest BCUT2D eigenvalue weighted by molar-refractivity contribution is 7.89. The van der Waals surface area contributed by atoms with Gasteiger partial charge in [-0.2, -0.15) is 0 Å². The molecule has 0 heterocycles. The number of aryl methyl sites for hydroxylation is 1. The largest absolute Gasteiger partial charge is 0.293 e. The van der Waals surface area contributed by atoms with Gasteiger partial charge >= 0.3 is 0 Å². The molecule has 0 aromatic heterocycles. The molecule has 0 fully saturated rings. The van der Waals surface area contributed by atoms with Gasteiger partial charge in [-0.25, -0.2) is 17.5 Å². The van der Waals surface area contributed by atoms with E-state index in [2.05, 4.69) is 4.72 Å². The van der Waals surface area contributed by atoms with Crippen LogP contribution in [0.2, 0.25) is 0 Å². The van der Waals surface area contributed by atoms with E-state index in [1.54, 1.807) is 13.8 Å². The Kier molecular flexibility index (Phi) is 4.98. The average Bonchev–Trinajstić information content (AvgIpc) is 2.30. The standard InChI is InChI=1S/C12H16FNO3S/c1-3-6-18(16,17)14-8-12(15)10-4-5-11(13)9(2)7-10/h4-5,7,14H,3,6,8H2,1-2H3. The van der Waals surface area contributed by atoms with Crippen molar-refractivity contribution in [3.05, 3.63) is 35.1 Å². The molecule has 0 atom stereocenters. The lowest BCUT2D eigenvalue weighted by Gasteiger charge is -2.06. The Labute approximate surface area is 106 Å². The molecule has 1 aromatic carbocycles. The van der Waals surface area contributed by atoms with Crippen LogP contribution in [-0.4, -0.2) is 26.5 Å². The molecule has 0 unspecified atom stereocenters. The highest BCUT2D eigenvalue weighted by Crippen LogP contribution is 2.09. The van der Waals surface area contributed by atoms with E-state index in [4.69, 9.17) is 0 Å². The fourth-order valence-corrected chi connectivity index (χ4v) is 2.47. The molecule has 4 nitrogen and oxygen atoms in total. The first-order chi connectivity index (χ1) is 8.35. The fraction of sp³-hybridized carbons (Fsp3) is 0.417. The number of nitrogens with one attached hydrogen (secondary N) is 1. The Morgan fingerprint density at radius 1 is 1.39 bits per heavy atom. The zero-order chi connectivity index (χ0) is 13.8. The van der Waals surface area contributed by atoms with Crippen molar-refractivity contribution in [3.63, 3.8) is 0 Å². The second-order valence-corrected chi connectivity index (χ2v) is 5.95. The zero-order valence-corrected chi connectivity index (χ0v) is 11.2. The van der Waals surface area contributed by atoms with Gasteiger partial charge in [-0.3, -0.25) is 4.79 Å². The molecule has 1 aromatic rings. The van der Waals surface area contributed by atoms with Crippen LogP contribution in [0.5, 0.6) is 0 Å². The number of hydrogen-bond acceptors (Lipinski definition) is 3. The number of Topliss-reactive ketones (excluding diaryl/α,β-unsaturated/α-hetero) is 1. The average molecular weight is 273 g/mol. The van der Waals surface area contributed by atoms with Crippen molar-refractivity contribution in [2.45, 2.75) is 20.3 Å². The van der Waals surface area contributed by atoms with Gasteiger partial charge in [0, 0.05) is 5.56 Å². The molecule has 0 aliphatic carbocycles. The summed E-state index contributed by atoms with van der Waals surface area (Å²) in [6.07, 6.45) is 0.485. The number of hydrogen-bond donors (Lipinski definition) is 1. The molecule has 0 saturated carbocycles. The van der Waals surface area contributed by atoms with Crippen LogP contribution in [-0.2, 0) is 10.0 Å². The van der Waals surface area contributed by atoms with Gasteiger partial charge in [-0.1, -0.05) is 6.92 Å². The highest BCUT2D eigenvalue weighted by atomic mass is 32.2. The summed E-state index contributed by atoms with van der Waals surface area (Å²) in [5.74, 6) is -0.779. The lowest BCUT2D eigenvalue weighted by atomic mass is 10.1. The van der Waals surface area contributed by atoms with E-state index in [-0.39, 0.29) is 18.1 Å². The van der Waals surface area contributed by atoms with Crippen LogP contribution >= 0.6 is 0 Å². The molecule has 0 spiro atoms. The summed E-state index contributed by atoms with van der Waals surface area (Å²) < 4.78 is 38.0. The number of ketones is 1. The molecule has 0 saturated heterocycles. The molecule has 0 amide bonds. The third-order valence-corrected chi connectivity index (χ3v) is 3.94. The zero-order valence-electron chi connectivity index (χ0n) is 10.4. The van der Waals surface area contributed by atoms with E-state index in [0.717, 1.165) is 0 Å². The van der Waals surface area contributed by atoms with Gasteiger partial charge < -0.3 is 0 Å². The van der Waals surface area contributed by atoms with Crippen molar-refractivity contribution in [1.82, 2.24) is 4.72 Å². The van der Waals surface area contributed by atoms with Crippen molar-refractivity contribution in [2.75, 3.05) is 12.3 Å². The molecule has 1 N–H and O–H groups in total. The predicted octanol–water partition coefficient (Wildman–Crippen LogP) is 1.65. The summed E-state index contributed by atoms with van der Waals surface area (Å²) in [4.78, 5) is 11.7. The van der Waals surface area contributed by atoms with Crippen molar-refractivity contribution < 1.29 is 17.6 Å². The normalized spacial score (nSPS) is 11.5. The first-order valence-electron chi connectivity index (χ1n) is 5.62. The van der Waals surface area contributed by atoms with Gasteiger partial charge in [0.05, 0.1) is 12.3 Å². The van der Waals surface area contributed by atoms with Gasteiger partial charge in [0.25, 0.3) is 0 Å². The number of halogens is 1. The van der Waals surface area contributed by atoms with E-state index in [0.29, 0.717) is 17.5 Å². The van der Waals surface area contributed by atoms with E-state index < -0.39 is 15.8 Å². The minimum atomic E-state index is -3.40. The molecule has 100 valence electrons. The second-order valence-electron chi connectivity index (χ2n) is 4.03. The van der Waals surface area contributed by atoms with Crippen LogP contribution in [0.25, 0.3) is 0 Å². The maximum Gasteiger partial charge on any atom is 0.211 e. The molecular formula is C12H16FNO3S. The van der Waals surface area contributed by atoms with Gasteiger partial charge in [0.15, 0.2) is 5.78 Å². The summed E-state index contributed by atoms with van der Waals surface area (Å²) >= 11 is 0. The number of carbonyl (C=O) groups is 1. The van der Waals surface area contributed by atoms with Crippen molar-refractivity contribution in [1.29, 1.82) is 0 Å². The van der Waals surface area contributed by atoms with E-state index in [9.17, 15) is 17.6 Å². The topological polar surface area (TPSA) is 63.2 Å². The van der Waals surface area contributed by atoms with E-state index in [1.165, 1.54) is 18.2 Å². The SMILES string of the molecule is CCCS(=O)(=O)NCC(=O)c1ccc(F)c(C)c1. The third kappa shape index (κ3) is 4.19. The van der Waals surface area contributed by atoms with Gasteiger partial charge in [-0.15, -0.1) is 0 Å². The van der Waals surface area contributed by atoms with Crippen molar-refractivity contribution in [2.24, 2.45) is 0 Å². The molecule has 18 heavy (non-hydrogen) atoms. The molecule has 0 aliphatic rings. The third-order valence-electron chi connectivity index (χ3n) is 2.41. The summed E-state index contributed by atoms with van der Waals surface area (Å²) in [7, 11) is -3.40. The molecule has 1 rings (SSSR count). The molecule has 0 radical (unpaired) electrons. The number of rotatable bonds is 6. The van der Waals surface area contributed by atoms with Gasteiger partial charge in [0.1, 0.15) is 5.82 Å². The second kappa shape index (κ2) is 6.06. The minimum absolute atomic E-state index is 0.0112. The van der Waals surface area contributed by atoms with Crippen LogP contribution in [0.1, 0.15) is 29.3 Å². The van der Waals surface area contributed by atoms with Crippen molar-refractivity contribution in [3.8, 4) is 0 Å². The maximum absolute atomic E-state index is 13.0. The van der Waals surface area contributed by atoms with Crippen LogP contribution < -0.4 is 4.72 Å². The smallest absolute Gasteiger partial charge is 0.211 e. The quantitative estimate of drug-likeness (QED) is 0.801.